The molecule has 0 aliphatic heterocycles. The molecule has 0 radical (unpaired) electrons. The zero-order valence-electron chi connectivity index (χ0n) is 9.84. The van der Waals surface area contributed by atoms with Gasteiger partial charge in [-0.25, -0.2) is 0 Å². The highest BCUT2D eigenvalue weighted by molar-refractivity contribution is 9.11. The SMILES string of the molecule is CC[C@H](C)[C@H](N)C(=O)Nc1ccc(Br)cc1Br. The van der Waals surface area contributed by atoms with E-state index >= 15 is 0 Å². The van der Waals surface area contributed by atoms with Crippen molar-refractivity contribution in [3.63, 3.8) is 0 Å². The predicted molar refractivity (Wildman–Crippen MR) is 77.9 cm³/mol. The van der Waals surface area contributed by atoms with Crippen LogP contribution in [0.1, 0.15) is 20.3 Å². The van der Waals surface area contributed by atoms with E-state index in [0.717, 1.165) is 21.1 Å². The fraction of sp³-hybridized carbons (Fsp3) is 0.417. The van der Waals surface area contributed by atoms with Crippen LogP contribution >= 0.6 is 31.9 Å². The molecule has 1 amide bonds. The molecule has 1 aromatic carbocycles. The van der Waals surface area contributed by atoms with E-state index in [2.05, 4.69) is 37.2 Å². The summed E-state index contributed by atoms with van der Waals surface area (Å²) in [6, 6.07) is 5.10. The summed E-state index contributed by atoms with van der Waals surface area (Å²) in [5.74, 6) is 0.0200. The normalized spacial score (nSPS) is 14.2. The second-order valence-corrected chi connectivity index (χ2v) is 5.79. The summed E-state index contributed by atoms with van der Waals surface area (Å²) in [6.45, 7) is 3.99. The molecule has 0 heterocycles. The summed E-state index contributed by atoms with van der Waals surface area (Å²) in [5.41, 5.74) is 6.60. The van der Waals surface area contributed by atoms with Gasteiger partial charge in [0.15, 0.2) is 0 Å². The quantitative estimate of drug-likeness (QED) is 0.859. The Morgan fingerprint density at radius 3 is 2.65 bits per heavy atom. The molecule has 0 aliphatic carbocycles. The van der Waals surface area contributed by atoms with Gasteiger partial charge in [-0.3, -0.25) is 4.79 Å². The molecule has 3 nitrogen and oxygen atoms in total. The molecule has 0 unspecified atom stereocenters. The molecule has 0 aromatic heterocycles. The number of nitrogens with two attached hydrogens (primary N) is 1. The van der Waals surface area contributed by atoms with Gasteiger partial charge in [0.2, 0.25) is 5.91 Å². The lowest BCUT2D eigenvalue weighted by molar-refractivity contribution is -0.118. The summed E-state index contributed by atoms with van der Waals surface area (Å²) in [4.78, 5) is 11.9. The van der Waals surface area contributed by atoms with Gasteiger partial charge in [0.05, 0.1) is 11.7 Å². The summed E-state index contributed by atoms with van der Waals surface area (Å²) in [5, 5.41) is 2.82. The monoisotopic (exact) mass is 362 g/mol. The average Bonchev–Trinajstić information content (AvgIpc) is 2.30. The molecular formula is C12H16Br2N2O. The number of amides is 1. The maximum absolute atomic E-state index is 11.9. The second-order valence-electron chi connectivity index (χ2n) is 4.02. The van der Waals surface area contributed by atoms with Crippen molar-refractivity contribution in [1.29, 1.82) is 0 Å². The van der Waals surface area contributed by atoms with Gasteiger partial charge in [-0.05, 0) is 40.0 Å². The molecule has 5 heteroatoms. The van der Waals surface area contributed by atoms with E-state index in [1.165, 1.54) is 0 Å². The zero-order valence-corrected chi connectivity index (χ0v) is 13.0. The van der Waals surface area contributed by atoms with Gasteiger partial charge in [0, 0.05) is 8.95 Å². The van der Waals surface area contributed by atoms with E-state index in [0.29, 0.717) is 0 Å². The first-order valence-electron chi connectivity index (χ1n) is 5.47. The van der Waals surface area contributed by atoms with Gasteiger partial charge in [0.25, 0.3) is 0 Å². The largest absolute Gasteiger partial charge is 0.324 e. The number of nitrogens with one attached hydrogen (secondary N) is 1. The summed E-state index contributed by atoms with van der Waals surface area (Å²) in [7, 11) is 0. The molecule has 1 aromatic rings. The van der Waals surface area contributed by atoms with E-state index in [9.17, 15) is 4.79 Å². The number of hydrogen-bond acceptors (Lipinski definition) is 2. The number of anilines is 1. The number of rotatable bonds is 4. The molecular weight excluding hydrogens is 348 g/mol. The van der Waals surface area contributed by atoms with E-state index in [4.69, 9.17) is 5.73 Å². The van der Waals surface area contributed by atoms with Crippen molar-refractivity contribution in [2.75, 3.05) is 5.32 Å². The smallest absolute Gasteiger partial charge is 0.241 e. The van der Waals surface area contributed by atoms with Gasteiger partial charge >= 0.3 is 0 Å². The third-order valence-electron chi connectivity index (χ3n) is 2.75. The third-order valence-corrected chi connectivity index (χ3v) is 3.90. The summed E-state index contributed by atoms with van der Waals surface area (Å²) >= 11 is 6.75. The van der Waals surface area contributed by atoms with Crippen LogP contribution in [0.2, 0.25) is 0 Å². The minimum atomic E-state index is -0.476. The molecule has 0 bridgehead atoms. The average molecular weight is 364 g/mol. The van der Waals surface area contributed by atoms with Crippen molar-refractivity contribution in [2.24, 2.45) is 11.7 Å². The summed E-state index contributed by atoms with van der Waals surface area (Å²) in [6.07, 6.45) is 0.885. The van der Waals surface area contributed by atoms with Crippen molar-refractivity contribution in [3.05, 3.63) is 27.1 Å². The van der Waals surface area contributed by atoms with Crippen LogP contribution in [0.25, 0.3) is 0 Å². The molecule has 1 rings (SSSR count). The molecule has 94 valence electrons. The van der Waals surface area contributed by atoms with Crippen LogP contribution in [0, 0.1) is 5.92 Å². The first-order chi connectivity index (χ1) is 7.95. The van der Waals surface area contributed by atoms with Crippen molar-refractivity contribution in [3.8, 4) is 0 Å². The molecule has 0 saturated heterocycles. The fourth-order valence-corrected chi connectivity index (χ4v) is 2.47. The highest BCUT2D eigenvalue weighted by Gasteiger charge is 2.19. The van der Waals surface area contributed by atoms with Crippen molar-refractivity contribution in [2.45, 2.75) is 26.3 Å². The lowest BCUT2D eigenvalue weighted by atomic mass is 9.99. The highest BCUT2D eigenvalue weighted by Crippen LogP contribution is 2.26. The molecule has 17 heavy (non-hydrogen) atoms. The van der Waals surface area contributed by atoms with Crippen LogP contribution in [-0.2, 0) is 4.79 Å². The molecule has 0 saturated carbocycles. The minimum Gasteiger partial charge on any atom is -0.324 e. The first-order valence-corrected chi connectivity index (χ1v) is 7.05. The predicted octanol–water partition coefficient (Wildman–Crippen LogP) is 3.52. The standard InChI is InChI=1S/C12H16Br2N2O/c1-3-7(2)11(15)12(17)16-10-5-4-8(13)6-9(10)14/h4-7,11H,3,15H2,1-2H3,(H,16,17)/t7-,11-/m0/s1. The van der Waals surface area contributed by atoms with Gasteiger partial charge < -0.3 is 11.1 Å². The van der Waals surface area contributed by atoms with Gasteiger partial charge in [-0.15, -0.1) is 0 Å². The lowest BCUT2D eigenvalue weighted by Crippen LogP contribution is -2.40. The lowest BCUT2D eigenvalue weighted by Gasteiger charge is -2.18. The van der Waals surface area contributed by atoms with Gasteiger partial charge in [0.1, 0.15) is 0 Å². The van der Waals surface area contributed by atoms with E-state index in [1.54, 1.807) is 0 Å². The number of benzene rings is 1. The highest BCUT2D eigenvalue weighted by atomic mass is 79.9. The third kappa shape index (κ3) is 4.08. The summed E-state index contributed by atoms with van der Waals surface area (Å²) < 4.78 is 1.78. The Hall–Kier alpha value is -0.390. The Bertz CT molecular complexity index is 409. The minimum absolute atomic E-state index is 0.151. The molecule has 0 fully saturated rings. The fourth-order valence-electron chi connectivity index (χ4n) is 1.32. The van der Waals surface area contributed by atoms with E-state index < -0.39 is 6.04 Å². The molecule has 0 aliphatic rings. The van der Waals surface area contributed by atoms with Gasteiger partial charge in [-0.1, -0.05) is 36.2 Å². The maximum atomic E-state index is 11.9. The van der Waals surface area contributed by atoms with Crippen LogP contribution in [0.15, 0.2) is 27.1 Å². The Morgan fingerprint density at radius 2 is 2.12 bits per heavy atom. The number of halogens is 2. The Kier molecular flexibility index (Phi) is 5.62. The van der Waals surface area contributed by atoms with Crippen LogP contribution in [-0.4, -0.2) is 11.9 Å². The number of hydrogen-bond donors (Lipinski definition) is 2. The topological polar surface area (TPSA) is 55.1 Å². The van der Waals surface area contributed by atoms with E-state index in [1.807, 2.05) is 32.0 Å². The number of carbonyl (C=O) groups is 1. The Morgan fingerprint density at radius 1 is 1.47 bits per heavy atom. The van der Waals surface area contributed by atoms with Crippen LogP contribution < -0.4 is 11.1 Å². The van der Waals surface area contributed by atoms with Crippen molar-refractivity contribution in [1.82, 2.24) is 0 Å². The van der Waals surface area contributed by atoms with Crippen molar-refractivity contribution >= 4 is 43.5 Å². The Labute approximate surface area is 118 Å². The second kappa shape index (κ2) is 6.52. The Balaban J connectivity index is 2.74. The zero-order chi connectivity index (χ0) is 13.0. The number of carbonyl (C=O) groups excluding carboxylic acids is 1. The first kappa shape index (κ1) is 14.7. The van der Waals surface area contributed by atoms with Crippen LogP contribution in [0.4, 0.5) is 5.69 Å². The van der Waals surface area contributed by atoms with E-state index in [-0.39, 0.29) is 11.8 Å². The molecule has 2 atom stereocenters. The van der Waals surface area contributed by atoms with Crippen molar-refractivity contribution < 1.29 is 4.79 Å². The van der Waals surface area contributed by atoms with Gasteiger partial charge in [-0.2, -0.15) is 0 Å². The maximum Gasteiger partial charge on any atom is 0.241 e. The van der Waals surface area contributed by atoms with Crippen LogP contribution in [0.5, 0.6) is 0 Å². The molecule has 3 N–H and O–H groups in total. The van der Waals surface area contributed by atoms with Crippen LogP contribution in [0.3, 0.4) is 0 Å². The molecule has 0 spiro atoms.